The predicted octanol–water partition coefficient (Wildman–Crippen LogP) is 12.6. The molecule has 0 N–H and O–H groups in total. The highest BCUT2D eigenvalue weighted by molar-refractivity contribution is 5.91. The summed E-state index contributed by atoms with van der Waals surface area (Å²) >= 11 is 0. The van der Waals surface area contributed by atoms with E-state index in [1.165, 1.54) is 86.5 Å². The second-order valence-corrected chi connectivity index (χ2v) is 15.6. The van der Waals surface area contributed by atoms with Gasteiger partial charge in [-0.05, 0) is 131 Å². The number of hydrogen-bond acceptors (Lipinski definition) is 2. The summed E-state index contributed by atoms with van der Waals surface area (Å²) in [4.78, 5) is 5.07. The predicted molar refractivity (Wildman–Crippen MR) is 212 cm³/mol. The summed E-state index contributed by atoms with van der Waals surface area (Å²) in [6.07, 6.45) is 18.3. The van der Waals surface area contributed by atoms with Gasteiger partial charge in [0.25, 0.3) is 0 Å². The highest BCUT2D eigenvalue weighted by Gasteiger charge is 2.42. The maximum absolute atomic E-state index is 2.56. The van der Waals surface area contributed by atoms with Crippen LogP contribution < -0.4 is 9.80 Å². The van der Waals surface area contributed by atoms with Gasteiger partial charge in [-0.3, -0.25) is 0 Å². The molecule has 2 heteroatoms. The monoisotopic (exact) mass is 650 g/mol. The topological polar surface area (TPSA) is 6.48 Å². The van der Waals surface area contributed by atoms with Crippen molar-refractivity contribution < 1.29 is 0 Å². The number of fused-ring (bicyclic) bond motifs is 6. The van der Waals surface area contributed by atoms with Crippen molar-refractivity contribution in [2.75, 3.05) is 9.80 Å². The molecule has 5 aromatic carbocycles. The summed E-state index contributed by atoms with van der Waals surface area (Å²) in [5.74, 6) is 0. The van der Waals surface area contributed by atoms with Crippen LogP contribution in [-0.2, 0) is 10.8 Å². The lowest BCUT2D eigenvalue weighted by molar-refractivity contribution is 0.629. The number of rotatable bonds is 6. The van der Waals surface area contributed by atoms with E-state index < -0.39 is 0 Å². The highest BCUT2D eigenvalue weighted by atomic mass is 15.2. The van der Waals surface area contributed by atoms with Crippen molar-refractivity contribution in [1.29, 1.82) is 0 Å². The number of benzene rings is 5. The summed E-state index contributed by atoms with van der Waals surface area (Å²) in [6.45, 7) is 9.69. The Morgan fingerprint density at radius 3 is 1.48 bits per heavy atom. The van der Waals surface area contributed by atoms with Gasteiger partial charge < -0.3 is 9.80 Å². The maximum Gasteiger partial charge on any atom is 0.0559 e. The Balaban J connectivity index is 1.12. The fourth-order valence-corrected chi connectivity index (χ4v) is 9.25. The van der Waals surface area contributed by atoms with E-state index in [0.29, 0.717) is 6.04 Å². The third-order valence-corrected chi connectivity index (χ3v) is 11.9. The molecule has 5 aromatic rings. The molecule has 248 valence electrons. The molecule has 0 spiro atoms. The molecule has 0 aliphatic heterocycles. The molecule has 50 heavy (non-hydrogen) atoms. The molecule has 0 heterocycles. The molecule has 9 rings (SSSR count). The van der Waals surface area contributed by atoms with E-state index in [0.717, 1.165) is 6.42 Å². The van der Waals surface area contributed by atoms with Gasteiger partial charge in [0.1, 0.15) is 0 Å². The lowest BCUT2D eigenvalue weighted by atomic mass is 9.79. The smallest absolute Gasteiger partial charge is 0.0559 e. The third kappa shape index (κ3) is 4.83. The van der Waals surface area contributed by atoms with Crippen LogP contribution in [0.3, 0.4) is 0 Å². The lowest BCUT2D eigenvalue weighted by Gasteiger charge is -2.34. The highest BCUT2D eigenvalue weighted by Crippen LogP contribution is 2.57. The summed E-state index contributed by atoms with van der Waals surface area (Å²) in [7, 11) is 0. The van der Waals surface area contributed by atoms with E-state index in [2.05, 4.69) is 183 Å². The number of allylic oxidation sites excluding steroid dienone is 3. The van der Waals surface area contributed by atoms with Crippen LogP contribution in [0, 0.1) is 0 Å². The van der Waals surface area contributed by atoms with Crippen molar-refractivity contribution in [3.63, 3.8) is 0 Å². The van der Waals surface area contributed by atoms with Gasteiger partial charge in [0.2, 0.25) is 0 Å². The minimum atomic E-state index is -0.120. The molecular weight excluding hydrogens is 605 g/mol. The standard InChI is InChI=1S/C48H46N2/c1-47(2)43-29-37(49(33-17-9-5-10-18-33)34-19-11-6-12-20-34)25-27-39(43)41-32-46-42(31-45(41)47)40-28-26-38(30-44(40)48(46,3)4)50(35-21-13-7-14-22-35)36-23-15-8-16-24-36/h5-7,9-15,17-19,21-23,25-32,34,36H,8,16,20,24H2,1-4H3. The van der Waals surface area contributed by atoms with Gasteiger partial charge in [-0.1, -0.05) is 113 Å². The lowest BCUT2D eigenvalue weighted by Crippen LogP contribution is -2.31. The second kappa shape index (κ2) is 11.8. The molecule has 0 saturated heterocycles. The first-order valence-corrected chi connectivity index (χ1v) is 18.5. The zero-order chi connectivity index (χ0) is 34.0. The number of hydrogen-bond donors (Lipinski definition) is 0. The van der Waals surface area contributed by atoms with Gasteiger partial charge in [-0.25, -0.2) is 0 Å². The summed E-state index contributed by atoms with van der Waals surface area (Å²) in [5.41, 5.74) is 16.0. The van der Waals surface area contributed by atoms with Crippen LogP contribution in [0.1, 0.15) is 75.6 Å². The first kappa shape index (κ1) is 30.9. The molecule has 4 aliphatic carbocycles. The van der Waals surface area contributed by atoms with E-state index in [1.807, 2.05) is 0 Å². The SMILES string of the molecule is CC1(C)c2cc(N(c3ccccc3)C3C=CC=CC3)ccc2-c2cc3c(cc21)-c1ccc(N(c2ccccc2)C2C=CCCC2)cc1C3(C)C. The van der Waals surface area contributed by atoms with Crippen molar-refractivity contribution >= 4 is 22.7 Å². The van der Waals surface area contributed by atoms with Gasteiger partial charge in [0.05, 0.1) is 12.1 Å². The minimum absolute atomic E-state index is 0.113. The molecule has 2 unspecified atom stereocenters. The van der Waals surface area contributed by atoms with E-state index in [9.17, 15) is 0 Å². The van der Waals surface area contributed by atoms with Crippen LogP contribution in [0.15, 0.2) is 146 Å². The Bertz CT molecular complexity index is 2050. The normalized spacial score (nSPS) is 20.2. The van der Waals surface area contributed by atoms with Gasteiger partial charge in [0, 0.05) is 33.6 Å². The number of nitrogens with zero attached hydrogens (tertiary/aromatic N) is 2. The van der Waals surface area contributed by atoms with Crippen LogP contribution in [0.2, 0.25) is 0 Å². The Labute approximate surface area is 298 Å². The average molecular weight is 651 g/mol. The van der Waals surface area contributed by atoms with Crippen LogP contribution in [-0.4, -0.2) is 12.1 Å². The van der Waals surface area contributed by atoms with Crippen LogP contribution in [0.25, 0.3) is 22.3 Å². The van der Waals surface area contributed by atoms with E-state index in [4.69, 9.17) is 0 Å². The molecule has 0 bridgehead atoms. The molecule has 0 saturated carbocycles. The van der Waals surface area contributed by atoms with E-state index >= 15 is 0 Å². The second-order valence-electron chi connectivity index (χ2n) is 15.6. The molecule has 2 atom stereocenters. The molecule has 0 fully saturated rings. The van der Waals surface area contributed by atoms with Crippen LogP contribution >= 0.6 is 0 Å². The van der Waals surface area contributed by atoms with E-state index in [1.54, 1.807) is 0 Å². The average Bonchev–Trinajstić information content (AvgIpc) is 3.51. The molecule has 4 aliphatic rings. The van der Waals surface area contributed by atoms with Gasteiger partial charge in [0.15, 0.2) is 0 Å². The van der Waals surface area contributed by atoms with Gasteiger partial charge in [-0.15, -0.1) is 0 Å². The Morgan fingerprint density at radius 2 is 1.00 bits per heavy atom. The van der Waals surface area contributed by atoms with Crippen LogP contribution in [0.4, 0.5) is 22.7 Å². The largest absolute Gasteiger partial charge is 0.335 e. The first-order valence-electron chi connectivity index (χ1n) is 18.5. The van der Waals surface area contributed by atoms with Crippen molar-refractivity contribution in [1.82, 2.24) is 0 Å². The summed E-state index contributed by atoms with van der Waals surface area (Å²) < 4.78 is 0. The minimum Gasteiger partial charge on any atom is -0.335 e. The molecule has 0 amide bonds. The summed E-state index contributed by atoms with van der Waals surface area (Å²) in [5, 5.41) is 0. The third-order valence-electron chi connectivity index (χ3n) is 11.9. The Kier molecular flexibility index (Phi) is 7.28. The first-order chi connectivity index (χ1) is 24.3. The van der Waals surface area contributed by atoms with Crippen molar-refractivity contribution in [2.45, 2.75) is 76.3 Å². The number of anilines is 4. The van der Waals surface area contributed by atoms with Gasteiger partial charge >= 0.3 is 0 Å². The fourth-order valence-electron chi connectivity index (χ4n) is 9.25. The quantitative estimate of drug-likeness (QED) is 0.169. The maximum atomic E-state index is 2.56. The number of para-hydroxylation sites is 2. The zero-order valence-electron chi connectivity index (χ0n) is 29.7. The van der Waals surface area contributed by atoms with E-state index in [-0.39, 0.29) is 16.9 Å². The molecule has 0 radical (unpaired) electrons. The molecule has 2 nitrogen and oxygen atoms in total. The van der Waals surface area contributed by atoms with Crippen molar-refractivity contribution in [3.05, 3.63) is 168 Å². The molecule has 0 aromatic heterocycles. The fraction of sp³-hybridized carbons (Fsp3) is 0.250. The van der Waals surface area contributed by atoms with Crippen molar-refractivity contribution in [3.8, 4) is 22.3 Å². The Morgan fingerprint density at radius 1 is 0.480 bits per heavy atom. The summed E-state index contributed by atoms with van der Waals surface area (Å²) in [6, 6.07) is 42.0. The van der Waals surface area contributed by atoms with Gasteiger partial charge in [-0.2, -0.15) is 0 Å². The van der Waals surface area contributed by atoms with Crippen LogP contribution in [0.5, 0.6) is 0 Å². The zero-order valence-corrected chi connectivity index (χ0v) is 29.7. The Hall–Kier alpha value is -5.08. The van der Waals surface area contributed by atoms with Crippen molar-refractivity contribution in [2.24, 2.45) is 0 Å². The molecular formula is C48H46N2.